The maximum Gasteiger partial charge on any atom is 0.325 e. The lowest BCUT2D eigenvalue weighted by Crippen LogP contribution is -2.48. The molecule has 7 nitrogen and oxygen atoms in total. The minimum absolute atomic E-state index is 0.0696. The number of nitrogens with one attached hydrogen (secondary N) is 1. The highest BCUT2D eigenvalue weighted by molar-refractivity contribution is 5.99. The summed E-state index contributed by atoms with van der Waals surface area (Å²) in [4.78, 5) is 37.4. The van der Waals surface area contributed by atoms with Gasteiger partial charge in [0.25, 0.3) is 0 Å². The topological polar surface area (TPSA) is 86.6 Å². The summed E-state index contributed by atoms with van der Waals surface area (Å²) in [6.07, 6.45) is 8.89. The summed E-state index contributed by atoms with van der Waals surface area (Å²) >= 11 is 0. The number of aryl methyl sites for hydroxylation is 1. The molecule has 0 aliphatic heterocycles. The lowest BCUT2D eigenvalue weighted by atomic mass is 9.49. The summed E-state index contributed by atoms with van der Waals surface area (Å²) in [5, 5.41) is 2.73. The highest BCUT2D eigenvalue weighted by Gasteiger charge is 2.51. The normalized spacial score (nSPS) is 27.5. The monoisotopic (exact) mass is 458 g/mol. The van der Waals surface area contributed by atoms with E-state index in [4.69, 9.17) is 9.47 Å². The average molecular weight is 459 g/mol. The Kier molecular flexibility index (Phi) is 7.27. The zero-order valence-electron chi connectivity index (χ0n) is 20.3. The van der Waals surface area contributed by atoms with Crippen molar-refractivity contribution in [1.29, 1.82) is 0 Å². The van der Waals surface area contributed by atoms with Crippen LogP contribution in [-0.2, 0) is 25.6 Å². The quantitative estimate of drug-likeness (QED) is 0.311. The molecule has 4 bridgehead atoms. The minimum atomic E-state index is -0.573. The highest BCUT2D eigenvalue weighted by atomic mass is 16.5. The lowest BCUT2D eigenvalue weighted by molar-refractivity contribution is -0.143. The Morgan fingerprint density at radius 2 is 1.73 bits per heavy atom. The SMILES string of the molecule is COCCCn1c(C)cc(C(=O)COC(=O)CNC(=O)CC23CC4CC(CC(C4)C2)C3)c1C. The Labute approximate surface area is 196 Å². The van der Waals surface area contributed by atoms with Crippen LogP contribution in [0.4, 0.5) is 0 Å². The molecule has 1 aromatic heterocycles. The number of hydrogen-bond acceptors (Lipinski definition) is 5. The molecule has 0 radical (unpaired) electrons. The van der Waals surface area contributed by atoms with Crippen molar-refractivity contribution in [2.45, 2.75) is 71.8 Å². The van der Waals surface area contributed by atoms with Gasteiger partial charge >= 0.3 is 5.97 Å². The van der Waals surface area contributed by atoms with Gasteiger partial charge in [-0.1, -0.05) is 0 Å². The number of hydrogen-bond donors (Lipinski definition) is 1. The van der Waals surface area contributed by atoms with Gasteiger partial charge < -0.3 is 19.4 Å². The van der Waals surface area contributed by atoms with E-state index in [2.05, 4.69) is 9.88 Å². The maximum absolute atomic E-state index is 12.6. The number of aromatic nitrogens is 1. The van der Waals surface area contributed by atoms with Crippen LogP contribution in [0.1, 0.15) is 73.1 Å². The largest absolute Gasteiger partial charge is 0.456 e. The number of amides is 1. The van der Waals surface area contributed by atoms with Crippen molar-refractivity contribution in [3.63, 3.8) is 0 Å². The molecule has 1 heterocycles. The Morgan fingerprint density at radius 3 is 2.33 bits per heavy atom. The smallest absolute Gasteiger partial charge is 0.325 e. The highest BCUT2D eigenvalue weighted by Crippen LogP contribution is 2.61. The number of ether oxygens (including phenoxy) is 2. The number of ketones is 1. The number of methoxy groups -OCH3 is 1. The fourth-order valence-electron chi connectivity index (χ4n) is 7.15. The van der Waals surface area contributed by atoms with Crippen LogP contribution < -0.4 is 5.32 Å². The van der Waals surface area contributed by atoms with Crippen LogP contribution in [0.5, 0.6) is 0 Å². The Hall–Kier alpha value is -2.15. The fraction of sp³-hybridized carbons (Fsp3) is 0.731. The molecule has 4 fully saturated rings. The molecule has 0 saturated heterocycles. The number of carbonyl (C=O) groups excluding carboxylic acids is 3. The van der Waals surface area contributed by atoms with Crippen molar-refractivity contribution in [3.8, 4) is 0 Å². The van der Waals surface area contributed by atoms with Gasteiger partial charge in [-0.15, -0.1) is 0 Å². The fourth-order valence-corrected chi connectivity index (χ4v) is 7.15. The molecule has 4 aliphatic carbocycles. The van der Waals surface area contributed by atoms with Crippen molar-refractivity contribution in [2.75, 3.05) is 26.9 Å². The van der Waals surface area contributed by atoms with Gasteiger partial charge in [0.15, 0.2) is 6.61 Å². The first-order valence-corrected chi connectivity index (χ1v) is 12.4. The molecule has 0 atom stereocenters. The number of nitrogens with zero attached hydrogens (tertiary/aromatic N) is 1. The van der Waals surface area contributed by atoms with Crippen LogP contribution in [-0.4, -0.2) is 49.1 Å². The summed E-state index contributed by atoms with van der Waals surface area (Å²) in [7, 11) is 1.67. The van der Waals surface area contributed by atoms with E-state index in [0.717, 1.165) is 61.4 Å². The molecule has 1 N–H and O–H groups in total. The summed E-state index contributed by atoms with van der Waals surface area (Å²) in [6.45, 7) is 4.79. The molecule has 182 valence electrons. The van der Waals surface area contributed by atoms with Crippen molar-refractivity contribution < 1.29 is 23.9 Å². The molecule has 5 rings (SSSR count). The van der Waals surface area contributed by atoms with E-state index >= 15 is 0 Å². The molecule has 1 aromatic rings. The van der Waals surface area contributed by atoms with Gasteiger partial charge in [-0.05, 0) is 88.0 Å². The number of carbonyl (C=O) groups is 3. The van der Waals surface area contributed by atoms with Crippen molar-refractivity contribution in [2.24, 2.45) is 23.2 Å². The van der Waals surface area contributed by atoms with E-state index in [9.17, 15) is 14.4 Å². The summed E-state index contributed by atoms with van der Waals surface area (Å²) in [6, 6.07) is 1.84. The summed E-state index contributed by atoms with van der Waals surface area (Å²) < 4.78 is 12.4. The third-order valence-corrected chi connectivity index (χ3v) is 8.10. The molecular weight excluding hydrogens is 420 g/mol. The van der Waals surface area contributed by atoms with Gasteiger partial charge in [-0.2, -0.15) is 0 Å². The zero-order chi connectivity index (χ0) is 23.6. The minimum Gasteiger partial charge on any atom is -0.456 e. The third-order valence-electron chi connectivity index (χ3n) is 8.10. The van der Waals surface area contributed by atoms with Crippen LogP contribution in [0.25, 0.3) is 0 Å². The first-order valence-electron chi connectivity index (χ1n) is 12.4. The molecule has 1 amide bonds. The summed E-state index contributed by atoms with van der Waals surface area (Å²) in [5.74, 6) is 1.51. The van der Waals surface area contributed by atoms with Gasteiger partial charge in [0.1, 0.15) is 6.54 Å². The molecule has 4 aliphatic rings. The van der Waals surface area contributed by atoms with Gasteiger partial charge in [-0.3, -0.25) is 14.4 Å². The lowest BCUT2D eigenvalue weighted by Gasteiger charge is -2.56. The van der Waals surface area contributed by atoms with Gasteiger partial charge in [0.2, 0.25) is 11.7 Å². The molecular formula is C26H38N2O5. The Morgan fingerprint density at radius 1 is 1.09 bits per heavy atom. The standard InChI is InChI=1S/C26H38N2O5/c1-17-7-22(18(2)28(17)5-4-6-32-3)23(29)16-33-25(31)15-27-24(30)14-26-11-19-8-20(12-26)10-21(9-19)13-26/h7,19-21H,4-6,8-16H2,1-3H3,(H,27,30). The second-order valence-corrected chi connectivity index (χ2v) is 10.7. The van der Waals surface area contributed by atoms with Crippen LogP contribution in [0.3, 0.4) is 0 Å². The van der Waals surface area contributed by atoms with Gasteiger partial charge in [0, 0.05) is 43.6 Å². The molecule has 0 unspecified atom stereocenters. The van der Waals surface area contributed by atoms with Crippen LogP contribution in [0, 0.1) is 37.0 Å². The number of Topliss-reactive ketones (excluding diaryl/α,β-unsaturated/α-hetero) is 1. The van der Waals surface area contributed by atoms with E-state index in [0.29, 0.717) is 18.6 Å². The van der Waals surface area contributed by atoms with Crippen molar-refractivity contribution in [3.05, 3.63) is 23.0 Å². The van der Waals surface area contributed by atoms with E-state index in [1.807, 2.05) is 19.9 Å². The van der Waals surface area contributed by atoms with Crippen LogP contribution in [0.15, 0.2) is 6.07 Å². The van der Waals surface area contributed by atoms with Crippen LogP contribution >= 0.6 is 0 Å². The number of esters is 1. The third kappa shape index (κ3) is 5.51. The van der Waals surface area contributed by atoms with E-state index in [1.54, 1.807) is 7.11 Å². The molecule has 7 heteroatoms. The second kappa shape index (κ2) is 10.00. The summed E-state index contributed by atoms with van der Waals surface area (Å²) in [5.41, 5.74) is 2.58. The number of rotatable bonds is 11. The van der Waals surface area contributed by atoms with Crippen molar-refractivity contribution in [1.82, 2.24) is 9.88 Å². The van der Waals surface area contributed by atoms with Gasteiger partial charge in [0.05, 0.1) is 0 Å². The first-order chi connectivity index (χ1) is 15.8. The van der Waals surface area contributed by atoms with Crippen molar-refractivity contribution >= 4 is 17.7 Å². The zero-order valence-corrected chi connectivity index (χ0v) is 20.3. The predicted molar refractivity (Wildman–Crippen MR) is 124 cm³/mol. The van der Waals surface area contributed by atoms with Crippen LogP contribution in [0.2, 0.25) is 0 Å². The predicted octanol–water partition coefficient (Wildman–Crippen LogP) is 3.59. The van der Waals surface area contributed by atoms with E-state index in [1.165, 1.54) is 19.3 Å². The average Bonchev–Trinajstić information content (AvgIpc) is 3.03. The van der Waals surface area contributed by atoms with Gasteiger partial charge in [-0.25, -0.2) is 0 Å². The Balaban J connectivity index is 1.21. The van der Waals surface area contributed by atoms with E-state index < -0.39 is 5.97 Å². The first kappa shape index (κ1) is 24.0. The molecule has 0 spiro atoms. The molecule has 33 heavy (non-hydrogen) atoms. The molecule has 0 aromatic carbocycles. The Bertz CT molecular complexity index is 867. The van der Waals surface area contributed by atoms with E-state index in [-0.39, 0.29) is 30.3 Å². The maximum atomic E-state index is 12.6. The molecule has 4 saturated carbocycles. The second-order valence-electron chi connectivity index (χ2n) is 10.7.